The van der Waals surface area contributed by atoms with E-state index in [2.05, 4.69) is 15.6 Å². The van der Waals surface area contributed by atoms with Crippen LogP contribution in [0.15, 0.2) is 53.9 Å². The number of carbonyl (C=O) groups is 2. The zero-order chi connectivity index (χ0) is 19.2. The van der Waals surface area contributed by atoms with Crippen LogP contribution in [0.4, 0.5) is 10.1 Å². The lowest BCUT2D eigenvalue weighted by Gasteiger charge is -2.06. The molecular formula is C19H15ClFN3O2S. The first kappa shape index (κ1) is 19.0. The molecule has 1 heterocycles. The molecule has 0 fully saturated rings. The summed E-state index contributed by atoms with van der Waals surface area (Å²) in [5.41, 5.74) is 1.95. The number of benzene rings is 2. The Balaban J connectivity index is 1.48. The molecule has 0 aliphatic rings. The van der Waals surface area contributed by atoms with Crippen molar-refractivity contribution in [2.45, 2.75) is 6.42 Å². The Morgan fingerprint density at radius 2 is 1.89 bits per heavy atom. The molecule has 138 valence electrons. The number of amides is 2. The molecule has 0 aliphatic carbocycles. The number of thiazole rings is 1. The minimum Gasteiger partial charge on any atom is -0.347 e. The molecule has 27 heavy (non-hydrogen) atoms. The van der Waals surface area contributed by atoms with Crippen molar-refractivity contribution in [1.29, 1.82) is 0 Å². The van der Waals surface area contributed by atoms with Gasteiger partial charge in [0.15, 0.2) is 0 Å². The maximum Gasteiger partial charge on any atom is 0.313 e. The lowest BCUT2D eigenvalue weighted by molar-refractivity contribution is -0.136. The van der Waals surface area contributed by atoms with Crippen molar-refractivity contribution < 1.29 is 14.0 Å². The fraction of sp³-hybridized carbons (Fsp3) is 0.105. The third-order valence-electron chi connectivity index (χ3n) is 3.60. The Kier molecular flexibility index (Phi) is 6.16. The van der Waals surface area contributed by atoms with Crippen LogP contribution in [0.5, 0.6) is 0 Å². The van der Waals surface area contributed by atoms with E-state index in [1.54, 1.807) is 36.4 Å². The zero-order valence-corrected chi connectivity index (χ0v) is 15.6. The van der Waals surface area contributed by atoms with Crippen LogP contribution in [0.25, 0.3) is 10.6 Å². The standard InChI is InChI=1S/C19H15ClFN3O2S/c20-13-4-6-15(7-5-13)23-18(26)17(25)22-9-8-16-11-27-19(24-16)12-2-1-3-14(21)10-12/h1-7,10-11H,8-9H2,(H,22,25)(H,23,26). The Bertz CT molecular complexity index is 960. The van der Waals surface area contributed by atoms with Crippen molar-refractivity contribution in [3.63, 3.8) is 0 Å². The zero-order valence-electron chi connectivity index (χ0n) is 14.0. The number of nitrogens with zero attached hydrogens (tertiary/aromatic N) is 1. The van der Waals surface area contributed by atoms with Crippen LogP contribution >= 0.6 is 22.9 Å². The van der Waals surface area contributed by atoms with E-state index in [1.165, 1.54) is 23.5 Å². The van der Waals surface area contributed by atoms with E-state index in [1.807, 2.05) is 5.38 Å². The Labute approximate surface area is 164 Å². The summed E-state index contributed by atoms with van der Waals surface area (Å²) in [5, 5.41) is 8.13. The average molecular weight is 404 g/mol. The minimum atomic E-state index is -0.754. The van der Waals surface area contributed by atoms with Crippen molar-refractivity contribution in [3.8, 4) is 10.6 Å². The van der Waals surface area contributed by atoms with E-state index in [9.17, 15) is 14.0 Å². The smallest absolute Gasteiger partial charge is 0.313 e. The van der Waals surface area contributed by atoms with Gasteiger partial charge in [-0.25, -0.2) is 9.37 Å². The van der Waals surface area contributed by atoms with Gasteiger partial charge in [-0.2, -0.15) is 0 Å². The minimum absolute atomic E-state index is 0.263. The number of anilines is 1. The predicted octanol–water partition coefficient (Wildman–Crippen LogP) is 3.90. The average Bonchev–Trinajstić information content (AvgIpc) is 3.12. The second-order valence-electron chi connectivity index (χ2n) is 5.62. The molecule has 0 bridgehead atoms. The molecule has 2 amide bonds. The van der Waals surface area contributed by atoms with Crippen LogP contribution in [0.3, 0.4) is 0 Å². The van der Waals surface area contributed by atoms with Gasteiger partial charge in [0.05, 0.1) is 5.69 Å². The van der Waals surface area contributed by atoms with Gasteiger partial charge in [0, 0.05) is 34.6 Å². The van der Waals surface area contributed by atoms with Crippen LogP contribution in [0.2, 0.25) is 5.02 Å². The second-order valence-corrected chi connectivity index (χ2v) is 6.92. The van der Waals surface area contributed by atoms with E-state index >= 15 is 0 Å². The van der Waals surface area contributed by atoms with E-state index in [0.29, 0.717) is 27.7 Å². The molecule has 0 unspecified atom stereocenters. The van der Waals surface area contributed by atoms with E-state index in [4.69, 9.17) is 11.6 Å². The van der Waals surface area contributed by atoms with E-state index in [-0.39, 0.29) is 12.4 Å². The normalized spacial score (nSPS) is 10.4. The summed E-state index contributed by atoms with van der Waals surface area (Å²) in [6.07, 6.45) is 0.464. The topological polar surface area (TPSA) is 71.1 Å². The number of hydrogen-bond donors (Lipinski definition) is 2. The summed E-state index contributed by atoms with van der Waals surface area (Å²) in [6, 6.07) is 12.7. The molecule has 0 spiro atoms. The highest BCUT2D eigenvalue weighted by Gasteiger charge is 2.13. The number of hydrogen-bond acceptors (Lipinski definition) is 4. The fourth-order valence-corrected chi connectivity index (χ4v) is 3.26. The molecule has 2 aromatic carbocycles. The maximum atomic E-state index is 13.3. The van der Waals surface area contributed by atoms with Crippen LogP contribution in [-0.2, 0) is 16.0 Å². The van der Waals surface area contributed by atoms with Crippen molar-refractivity contribution in [1.82, 2.24) is 10.3 Å². The number of rotatable bonds is 5. The highest BCUT2D eigenvalue weighted by atomic mass is 35.5. The first-order valence-electron chi connectivity index (χ1n) is 8.06. The first-order valence-corrected chi connectivity index (χ1v) is 9.32. The van der Waals surface area contributed by atoms with Crippen LogP contribution in [0, 0.1) is 5.82 Å². The van der Waals surface area contributed by atoms with Gasteiger partial charge in [-0.15, -0.1) is 11.3 Å². The van der Waals surface area contributed by atoms with E-state index in [0.717, 1.165) is 5.69 Å². The third kappa shape index (κ3) is 5.35. The molecule has 0 saturated carbocycles. The van der Waals surface area contributed by atoms with Gasteiger partial charge in [0.2, 0.25) is 0 Å². The lowest BCUT2D eigenvalue weighted by Crippen LogP contribution is -2.36. The third-order valence-corrected chi connectivity index (χ3v) is 4.79. The van der Waals surface area contributed by atoms with Gasteiger partial charge in [0.25, 0.3) is 0 Å². The predicted molar refractivity (Wildman–Crippen MR) is 104 cm³/mol. The van der Waals surface area contributed by atoms with E-state index < -0.39 is 11.8 Å². The van der Waals surface area contributed by atoms with Crippen LogP contribution in [0.1, 0.15) is 5.69 Å². The number of aromatic nitrogens is 1. The Morgan fingerprint density at radius 3 is 2.63 bits per heavy atom. The van der Waals surface area contributed by atoms with Gasteiger partial charge in [0.1, 0.15) is 10.8 Å². The quantitative estimate of drug-likeness (QED) is 0.635. The van der Waals surface area contributed by atoms with Gasteiger partial charge in [-0.05, 0) is 36.4 Å². The molecule has 0 atom stereocenters. The van der Waals surface area contributed by atoms with Crippen molar-refractivity contribution >= 4 is 40.4 Å². The van der Waals surface area contributed by atoms with Crippen LogP contribution < -0.4 is 10.6 Å². The molecule has 2 N–H and O–H groups in total. The lowest BCUT2D eigenvalue weighted by atomic mass is 10.2. The number of carbonyl (C=O) groups excluding carboxylic acids is 2. The monoisotopic (exact) mass is 403 g/mol. The molecule has 3 rings (SSSR count). The highest BCUT2D eigenvalue weighted by molar-refractivity contribution is 7.13. The SMILES string of the molecule is O=C(NCCc1csc(-c2cccc(F)c2)n1)C(=O)Nc1ccc(Cl)cc1. The highest BCUT2D eigenvalue weighted by Crippen LogP contribution is 2.24. The number of halogens is 2. The van der Waals surface area contributed by atoms with Crippen molar-refractivity contribution in [3.05, 3.63) is 70.4 Å². The van der Waals surface area contributed by atoms with Gasteiger partial charge in [-0.1, -0.05) is 23.7 Å². The Morgan fingerprint density at radius 1 is 1.11 bits per heavy atom. The largest absolute Gasteiger partial charge is 0.347 e. The molecule has 0 radical (unpaired) electrons. The van der Waals surface area contributed by atoms with Crippen molar-refractivity contribution in [2.24, 2.45) is 0 Å². The number of nitrogens with one attached hydrogen (secondary N) is 2. The summed E-state index contributed by atoms with van der Waals surface area (Å²) in [5.74, 6) is -1.80. The van der Waals surface area contributed by atoms with Gasteiger partial charge < -0.3 is 10.6 Å². The summed E-state index contributed by atoms with van der Waals surface area (Å²) in [4.78, 5) is 28.1. The summed E-state index contributed by atoms with van der Waals surface area (Å²) in [6.45, 7) is 0.263. The van der Waals surface area contributed by atoms with Crippen molar-refractivity contribution in [2.75, 3.05) is 11.9 Å². The molecule has 1 aromatic heterocycles. The first-order chi connectivity index (χ1) is 13.0. The summed E-state index contributed by atoms with van der Waals surface area (Å²) < 4.78 is 13.3. The Hall–Kier alpha value is -2.77. The van der Waals surface area contributed by atoms with Gasteiger partial charge in [-0.3, -0.25) is 9.59 Å². The second kappa shape index (κ2) is 8.75. The van der Waals surface area contributed by atoms with Crippen LogP contribution in [-0.4, -0.2) is 23.3 Å². The summed E-state index contributed by atoms with van der Waals surface area (Å²) >= 11 is 7.17. The molecule has 3 aromatic rings. The molecular weight excluding hydrogens is 389 g/mol. The molecule has 8 heteroatoms. The summed E-state index contributed by atoms with van der Waals surface area (Å²) in [7, 11) is 0. The molecule has 0 saturated heterocycles. The fourth-order valence-electron chi connectivity index (χ4n) is 2.28. The van der Waals surface area contributed by atoms with Gasteiger partial charge >= 0.3 is 11.8 Å². The molecule has 5 nitrogen and oxygen atoms in total. The molecule has 0 aliphatic heterocycles. The maximum absolute atomic E-state index is 13.3.